The van der Waals surface area contributed by atoms with Gasteiger partial charge in [0.05, 0.1) is 0 Å². The Morgan fingerprint density at radius 3 is 2.89 bits per heavy atom. The van der Waals surface area contributed by atoms with E-state index in [0.29, 0.717) is 11.7 Å². The number of carbonyl (C=O) groups excluding carboxylic acids is 1. The Kier molecular flexibility index (Phi) is 5.83. The number of nitrogens with zero attached hydrogens (tertiary/aromatic N) is 1. The number of alkyl carbamates (subject to hydrolysis) is 1. The molecule has 0 saturated heterocycles. The minimum absolute atomic E-state index is 0.396. The van der Waals surface area contributed by atoms with Crippen LogP contribution in [0.25, 0.3) is 6.08 Å². The number of carbonyl (C=O) groups is 1. The van der Waals surface area contributed by atoms with Crippen LogP contribution >= 0.6 is 11.6 Å². The Labute approximate surface area is 118 Å². The van der Waals surface area contributed by atoms with Crippen LogP contribution in [0, 0.1) is 0 Å². The highest BCUT2D eigenvalue weighted by Crippen LogP contribution is 2.09. The first-order valence-corrected chi connectivity index (χ1v) is 6.49. The molecule has 0 unspecified atom stereocenters. The molecule has 4 nitrogen and oxygen atoms in total. The van der Waals surface area contributed by atoms with Crippen LogP contribution in [0.4, 0.5) is 4.79 Å². The van der Waals surface area contributed by atoms with Crippen LogP contribution in [0.1, 0.15) is 32.8 Å². The van der Waals surface area contributed by atoms with Crippen molar-refractivity contribution >= 4 is 23.8 Å². The molecule has 1 heterocycles. The largest absolute Gasteiger partial charge is 0.444 e. The zero-order valence-corrected chi connectivity index (χ0v) is 12.2. The lowest BCUT2D eigenvalue weighted by Crippen LogP contribution is -2.32. The molecule has 0 aliphatic heterocycles. The first kappa shape index (κ1) is 15.5. The maximum atomic E-state index is 11.4. The van der Waals surface area contributed by atoms with Gasteiger partial charge < -0.3 is 10.1 Å². The van der Waals surface area contributed by atoms with Crippen molar-refractivity contribution in [2.24, 2.45) is 0 Å². The second kappa shape index (κ2) is 7.14. The molecule has 0 spiro atoms. The lowest BCUT2D eigenvalue weighted by Gasteiger charge is -2.19. The average molecular weight is 283 g/mol. The Bertz CT molecular complexity index is 453. The van der Waals surface area contributed by atoms with E-state index in [0.717, 1.165) is 12.0 Å². The van der Waals surface area contributed by atoms with E-state index < -0.39 is 11.7 Å². The molecular weight excluding hydrogens is 264 g/mol. The minimum atomic E-state index is -0.465. The van der Waals surface area contributed by atoms with Crippen LogP contribution in [-0.2, 0) is 4.74 Å². The summed E-state index contributed by atoms with van der Waals surface area (Å²) in [7, 11) is 0. The Morgan fingerprint density at radius 1 is 1.53 bits per heavy atom. The van der Waals surface area contributed by atoms with E-state index in [1.165, 1.54) is 0 Å². The van der Waals surface area contributed by atoms with Crippen molar-refractivity contribution in [1.82, 2.24) is 10.3 Å². The quantitative estimate of drug-likeness (QED) is 0.677. The standard InChI is InChI=1S/C14H19ClN2O2/c1-14(2,3)19-13(18)17-8-5-4-6-11-7-9-16-12(15)10-11/h4,6-7,9-10H,5,8H2,1-3H3,(H,17,18). The van der Waals surface area contributed by atoms with E-state index >= 15 is 0 Å². The second-order valence-corrected chi connectivity index (χ2v) is 5.42. The van der Waals surface area contributed by atoms with Crippen LogP contribution in [-0.4, -0.2) is 23.2 Å². The van der Waals surface area contributed by atoms with Gasteiger partial charge in [-0.2, -0.15) is 0 Å². The van der Waals surface area contributed by atoms with Gasteiger partial charge in [0.1, 0.15) is 10.8 Å². The topological polar surface area (TPSA) is 51.2 Å². The second-order valence-electron chi connectivity index (χ2n) is 5.03. The average Bonchev–Trinajstić information content (AvgIpc) is 2.26. The molecule has 0 atom stereocenters. The number of nitrogens with one attached hydrogen (secondary N) is 1. The van der Waals surface area contributed by atoms with Crippen LogP contribution in [0.3, 0.4) is 0 Å². The molecule has 0 radical (unpaired) electrons. The van der Waals surface area contributed by atoms with Crippen molar-refractivity contribution in [1.29, 1.82) is 0 Å². The summed E-state index contributed by atoms with van der Waals surface area (Å²) in [6.45, 7) is 6.03. The van der Waals surface area contributed by atoms with Crippen molar-refractivity contribution in [3.05, 3.63) is 35.1 Å². The summed E-state index contributed by atoms with van der Waals surface area (Å²) in [5, 5.41) is 3.15. The summed E-state index contributed by atoms with van der Waals surface area (Å²) in [6.07, 6.45) is 5.88. The predicted molar refractivity (Wildman–Crippen MR) is 77.1 cm³/mol. The fourth-order valence-corrected chi connectivity index (χ4v) is 1.49. The first-order chi connectivity index (χ1) is 8.87. The van der Waals surface area contributed by atoms with Gasteiger partial charge in [-0.25, -0.2) is 9.78 Å². The molecule has 1 rings (SSSR count). The maximum absolute atomic E-state index is 11.4. The number of pyridine rings is 1. The third-order valence-electron chi connectivity index (χ3n) is 2.04. The lowest BCUT2D eigenvalue weighted by atomic mass is 10.2. The molecule has 0 aliphatic rings. The van der Waals surface area contributed by atoms with Gasteiger partial charge in [-0.3, -0.25) is 0 Å². The lowest BCUT2D eigenvalue weighted by molar-refractivity contribution is 0.0529. The van der Waals surface area contributed by atoms with Crippen molar-refractivity contribution in [2.75, 3.05) is 6.54 Å². The third-order valence-corrected chi connectivity index (χ3v) is 2.25. The number of amides is 1. The van der Waals surface area contributed by atoms with Crippen molar-refractivity contribution in [3.63, 3.8) is 0 Å². The van der Waals surface area contributed by atoms with Gasteiger partial charge in [-0.05, 0) is 44.9 Å². The van der Waals surface area contributed by atoms with Gasteiger partial charge in [0.15, 0.2) is 0 Å². The van der Waals surface area contributed by atoms with Crippen molar-refractivity contribution in [3.8, 4) is 0 Å². The molecular formula is C14H19ClN2O2. The number of ether oxygens (including phenoxy) is 1. The number of rotatable bonds is 4. The van der Waals surface area contributed by atoms with Crippen LogP contribution < -0.4 is 5.32 Å². The van der Waals surface area contributed by atoms with Crippen molar-refractivity contribution < 1.29 is 9.53 Å². The van der Waals surface area contributed by atoms with Gasteiger partial charge in [0.25, 0.3) is 0 Å². The Morgan fingerprint density at radius 2 is 2.26 bits per heavy atom. The molecule has 0 fully saturated rings. The molecule has 0 aromatic carbocycles. The highest BCUT2D eigenvalue weighted by molar-refractivity contribution is 6.29. The van der Waals surface area contributed by atoms with Gasteiger partial charge in [-0.15, -0.1) is 0 Å². The highest BCUT2D eigenvalue weighted by Gasteiger charge is 2.14. The molecule has 1 N–H and O–H groups in total. The maximum Gasteiger partial charge on any atom is 0.407 e. The van der Waals surface area contributed by atoms with Crippen LogP contribution in [0.15, 0.2) is 24.4 Å². The smallest absolute Gasteiger partial charge is 0.407 e. The fourth-order valence-electron chi connectivity index (χ4n) is 1.31. The number of aromatic nitrogens is 1. The van der Waals surface area contributed by atoms with E-state index in [1.807, 2.05) is 39.0 Å². The number of hydrogen-bond acceptors (Lipinski definition) is 3. The summed E-state index contributed by atoms with van der Waals surface area (Å²) < 4.78 is 5.12. The van der Waals surface area contributed by atoms with E-state index in [-0.39, 0.29) is 0 Å². The summed E-state index contributed by atoms with van der Waals surface area (Å²) >= 11 is 5.77. The molecule has 0 saturated carbocycles. The zero-order chi connectivity index (χ0) is 14.3. The monoisotopic (exact) mass is 282 g/mol. The highest BCUT2D eigenvalue weighted by atomic mass is 35.5. The van der Waals surface area contributed by atoms with Gasteiger partial charge in [-0.1, -0.05) is 23.8 Å². The number of hydrogen-bond donors (Lipinski definition) is 1. The molecule has 5 heteroatoms. The zero-order valence-electron chi connectivity index (χ0n) is 11.4. The first-order valence-electron chi connectivity index (χ1n) is 6.12. The Balaban J connectivity index is 2.26. The minimum Gasteiger partial charge on any atom is -0.444 e. The van der Waals surface area contributed by atoms with E-state index in [1.54, 1.807) is 12.3 Å². The fraction of sp³-hybridized carbons (Fsp3) is 0.429. The molecule has 0 bridgehead atoms. The molecule has 1 aromatic heterocycles. The summed E-state index contributed by atoms with van der Waals surface area (Å²) in [6, 6.07) is 3.64. The number of halogens is 1. The molecule has 1 amide bonds. The SMILES string of the molecule is CC(C)(C)OC(=O)NCCC=Cc1ccnc(Cl)c1. The molecule has 19 heavy (non-hydrogen) atoms. The molecule has 1 aromatic rings. The van der Waals surface area contributed by atoms with Gasteiger partial charge >= 0.3 is 6.09 Å². The Hall–Kier alpha value is -1.55. The van der Waals surface area contributed by atoms with Crippen molar-refractivity contribution in [2.45, 2.75) is 32.8 Å². The van der Waals surface area contributed by atoms with Gasteiger partial charge in [0, 0.05) is 12.7 Å². The van der Waals surface area contributed by atoms with Crippen LogP contribution in [0.5, 0.6) is 0 Å². The van der Waals surface area contributed by atoms with Crippen LogP contribution in [0.2, 0.25) is 5.15 Å². The molecule has 104 valence electrons. The summed E-state index contributed by atoms with van der Waals surface area (Å²) in [5.74, 6) is 0. The van der Waals surface area contributed by atoms with Gasteiger partial charge in [0.2, 0.25) is 0 Å². The van der Waals surface area contributed by atoms with E-state index in [2.05, 4.69) is 10.3 Å². The van der Waals surface area contributed by atoms with E-state index in [9.17, 15) is 4.79 Å². The van der Waals surface area contributed by atoms with E-state index in [4.69, 9.17) is 16.3 Å². The third kappa shape index (κ3) is 7.47. The summed E-state index contributed by atoms with van der Waals surface area (Å²) in [5.41, 5.74) is 0.519. The summed E-state index contributed by atoms with van der Waals surface area (Å²) in [4.78, 5) is 15.3. The predicted octanol–water partition coefficient (Wildman–Crippen LogP) is 3.66. The molecule has 0 aliphatic carbocycles. The normalized spacial score (nSPS) is 11.6.